The Bertz CT molecular complexity index is 1200. The quantitative estimate of drug-likeness (QED) is 0.475. The molecule has 0 bridgehead atoms. The van der Waals surface area contributed by atoms with Crippen LogP contribution in [0.25, 0.3) is 0 Å². The third kappa shape index (κ3) is 6.45. The lowest BCUT2D eigenvalue weighted by Gasteiger charge is -2.23. The topological polar surface area (TPSA) is 66.5 Å². The van der Waals surface area contributed by atoms with Gasteiger partial charge in [-0.2, -0.15) is 0 Å². The van der Waals surface area contributed by atoms with E-state index in [1.807, 2.05) is 12.1 Å². The number of halogens is 3. The molecule has 0 spiro atoms. The fourth-order valence-corrected chi connectivity index (χ4v) is 4.22. The van der Waals surface area contributed by atoms with Crippen LogP contribution in [0, 0.1) is 5.82 Å². The number of rotatable bonds is 8. The van der Waals surface area contributed by atoms with Crippen molar-refractivity contribution in [1.29, 1.82) is 0 Å². The lowest BCUT2D eigenvalue weighted by Crippen LogP contribution is -2.29. The van der Waals surface area contributed by atoms with Crippen molar-refractivity contribution in [2.45, 2.75) is 13.0 Å². The third-order valence-corrected chi connectivity index (χ3v) is 6.43. The molecule has 0 heterocycles. The minimum Gasteiger partial charge on any atom is -0.352 e. The van der Waals surface area contributed by atoms with Crippen molar-refractivity contribution in [3.63, 3.8) is 0 Å². The fraction of sp³-hybridized carbons (Fsp3) is 0.174. The van der Waals surface area contributed by atoms with Gasteiger partial charge in [0.15, 0.2) is 0 Å². The first-order valence-electron chi connectivity index (χ1n) is 9.68. The number of hydrogen-bond donors (Lipinski definition) is 1. The monoisotopic (exact) mass is 494 g/mol. The van der Waals surface area contributed by atoms with E-state index in [0.29, 0.717) is 29.1 Å². The molecule has 0 fully saturated rings. The van der Waals surface area contributed by atoms with Crippen molar-refractivity contribution in [2.24, 2.45) is 0 Å². The summed E-state index contributed by atoms with van der Waals surface area (Å²) in [5.41, 5.74) is 2.43. The van der Waals surface area contributed by atoms with Crippen molar-refractivity contribution < 1.29 is 17.6 Å². The van der Waals surface area contributed by atoms with Gasteiger partial charge in [-0.3, -0.25) is 9.10 Å². The van der Waals surface area contributed by atoms with Crippen molar-refractivity contribution in [1.82, 2.24) is 5.32 Å². The second kappa shape index (κ2) is 10.3. The molecule has 0 aliphatic carbocycles. The summed E-state index contributed by atoms with van der Waals surface area (Å²) in [4.78, 5) is 12.4. The molecule has 0 aromatic heterocycles. The van der Waals surface area contributed by atoms with E-state index in [-0.39, 0.29) is 23.2 Å². The first-order chi connectivity index (χ1) is 15.1. The lowest BCUT2D eigenvalue weighted by atomic mass is 10.1. The first-order valence-corrected chi connectivity index (χ1v) is 12.3. The predicted octanol–water partition coefficient (Wildman–Crippen LogP) is 5.07. The molecule has 3 aromatic carbocycles. The van der Waals surface area contributed by atoms with E-state index in [9.17, 15) is 17.6 Å². The second-order valence-corrected chi connectivity index (χ2v) is 9.95. The first kappa shape index (κ1) is 24.0. The van der Waals surface area contributed by atoms with Crippen LogP contribution in [-0.4, -0.2) is 27.1 Å². The Morgan fingerprint density at radius 1 is 0.969 bits per heavy atom. The molecule has 0 radical (unpaired) electrons. The molecule has 0 aliphatic heterocycles. The van der Waals surface area contributed by atoms with Gasteiger partial charge in [-0.1, -0.05) is 47.5 Å². The van der Waals surface area contributed by atoms with Gasteiger partial charge in [-0.25, -0.2) is 12.8 Å². The Labute approximate surface area is 196 Å². The van der Waals surface area contributed by atoms with E-state index >= 15 is 0 Å². The normalized spacial score (nSPS) is 11.2. The van der Waals surface area contributed by atoms with Crippen LogP contribution in [0.2, 0.25) is 10.0 Å². The summed E-state index contributed by atoms with van der Waals surface area (Å²) in [5, 5.41) is 3.35. The van der Waals surface area contributed by atoms with Crippen LogP contribution in [0.5, 0.6) is 0 Å². The van der Waals surface area contributed by atoms with Gasteiger partial charge >= 0.3 is 0 Å². The number of amides is 1. The summed E-state index contributed by atoms with van der Waals surface area (Å²) in [7, 11) is -3.65. The summed E-state index contributed by atoms with van der Waals surface area (Å²) < 4.78 is 39.1. The molecule has 1 amide bonds. The average molecular weight is 495 g/mol. The maximum atomic E-state index is 13.5. The van der Waals surface area contributed by atoms with Gasteiger partial charge in [-0.15, -0.1) is 0 Å². The third-order valence-electron chi connectivity index (χ3n) is 4.75. The highest BCUT2D eigenvalue weighted by Gasteiger charge is 2.19. The molecule has 0 atom stereocenters. The molecule has 3 aromatic rings. The van der Waals surface area contributed by atoms with Gasteiger partial charge in [0.2, 0.25) is 10.0 Å². The molecule has 0 saturated heterocycles. The van der Waals surface area contributed by atoms with Gasteiger partial charge in [0.1, 0.15) is 5.82 Å². The molecule has 5 nitrogen and oxygen atoms in total. The maximum absolute atomic E-state index is 13.5. The zero-order valence-corrected chi connectivity index (χ0v) is 19.5. The summed E-state index contributed by atoms with van der Waals surface area (Å²) in [6, 6.07) is 17.8. The summed E-state index contributed by atoms with van der Waals surface area (Å²) >= 11 is 11.7. The molecule has 168 valence electrons. The minimum absolute atomic E-state index is 0.0132. The Morgan fingerprint density at radius 2 is 1.59 bits per heavy atom. The molecular weight excluding hydrogens is 474 g/mol. The zero-order chi connectivity index (χ0) is 23.3. The van der Waals surface area contributed by atoms with Crippen LogP contribution in [0.15, 0.2) is 66.7 Å². The fourth-order valence-electron chi connectivity index (χ4n) is 3.04. The molecule has 9 heteroatoms. The zero-order valence-electron chi connectivity index (χ0n) is 17.2. The highest BCUT2D eigenvalue weighted by molar-refractivity contribution is 7.92. The molecule has 0 saturated carbocycles. The number of nitrogens with one attached hydrogen (secondary N) is 1. The Hall–Kier alpha value is -2.61. The highest BCUT2D eigenvalue weighted by atomic mass is 35.5. The number of sulfonamides is 1. The van der Waals surface area contributed by atoms with Crippen LogP contribution >= 0.6 is 23.2 Å². The Balaban J connectivity index is 1.64. The summed E-state index contributed by atoms with van der Waals surface area (Å²) in [5.74, 6) is -0.855. The Morgan fingerprint density at radius 3 is 2.19 bits per heavy atom. The Kier molecular flexibility index (Phi) is 7.77. The summed E-state index contributed by atoms with van der Waals surface area (Å²) in [6.45, 7) is 0.481. The molecule has 0 aliphatic rings. The van der Waals surface area contributed by atoms with Crippen LogP contribution in [0.1, 0.15) is 21.5 Å². The van der Waals surface area contributed by atoms with Gasteiger partial charge in [0.25, 0.3) is 5.91 Å². The van der Waals surface area contributed by atoms with Gasteiger partial charge in [0, 0.05) is 17.1 Å². The van der Waals surface area contributed by atoms with Crippen LogP contribution in [-0.2, 0) is 23.0 Å². The SMILES string of the molecule is CS(=O)(=O)N(Cc1ccc(C(=O)NCCc2ccc(Cl)cc2)cc1)c1ccc(F)c(Cl)c1. The highest BCUT2D eigenvalue weighted by Crippen LogP contribution is 2.26. The summed E-state index contributed by atoms with van der Waals surface area (Å²) in [6.07, 6.45) is 1.73. The average Bonchev–Trinajstić information content (AvgIpc) is 2.75. The van der Waals surface area contributed by atoms with E-state index in [1.165, 1.54) is 12.1 Å². The maximum Gasteiger partial charge on any atom is 0.251 e. The smallest absolute Gasteiger partial charge is 0.251 e. The number of nitrogens with zero attached hydrogens (tertiary/aromatic N) is 1. The number of carbonyl (C=O) groups excluding carboxylic acids is 1. The van der Waals surface area contributed by atoms with Crippen molar-refractivity contribution in [3.8, 4) is 0 Å². The van der Waals surface area contributed by atoms with Crippen LogP contribution in [0.4, 0.5) is 10.1 Å². The largest absolute Gasteiger partial charge is 0.352 e. The lowest BCUT2D eigenvalue weighted by molar-refractivity contribution is 0.0954. The number of benzene rings is 3. The number of carbonyl (C=O) groups is 1. The molecule has 32 heavy (non-hydrogen) atoms. The van der Waals surface area contributed by atoms with Crippen LogP contribution in [0.3, 0.4) is 0 Å². The molecular formula is C23H21Cl2FN2O3S. The molecule has 1 N–H and O–H groups in total. The van der Waals surface area contributed by atoms with E-state index in [2.05, 4.69) is 5.32 Å². The second-order valence-electron chi connectivity index (χ2n) is 7.20. The van der Waals surface area contributed by atoms with E-state index in [0.717, 1.165) is 22.2 Å². The van der Waals surface area contributed by atoms with E-state index in [4.69, 9.17) is 23.2 Å². The van der Waals surface area contributed by atoms with Crippen molar-refractivity contribution in [3.05, 3.63) is 99.3 Å². The van der Waals surface area contributed by atoms with E-state index in [1.54, 1.807) is 36.4 Å². The standard InChI is InChI=1S/C23H21Cl2FN2O3S/c1-32(30,31)28(20-10-11-22(26)21(25)14-20)15-17-2-6-18(7-3-17)23(29)27-13-12-16-4-8-19(24)9-5-16/h2-11,14H,12-13,15H2,1H3,(H,27,29). The van der Waals surface area contributed by atoms with Crippen molar-refractivity contribution >= 4 is 44.8 Å². The number of hydrogen-bond acceptors (Lipinski definition) is 3. The van der Waals surface area contributed by atoms with Gasteiger partial charge in [0.05, 0.1) is 23.5 Å². The van der Waals surface area contributed by atoms with Gasteiger partial charge < -0.3 is 5.32 Å². The van der Waals surface area contributed by atoms with Crippen molar-refractivity contribution in [2.75, 3.05) is 17.1 Å². The number of anilines is 1. The molecule has 0 unspecified atom stereocenters. The van der Waals surface area contributed by atoms with Crippen LogP contribution < -0.4 is 9.62 Å². The predicted molar refractivity (Wildman–Crippen MR) is 126 cm³/mol. The minimum atomic E-state index is -3.65. The van der Waals surface area contributed by atoms with E-state index < -0.39 is 15.8 Å². The molecule has 3 rings (SSSR count). The van der Waals surface area contributed by atoms with Gasteiger partial charge in [-0.05, 0) is 60.0 Å².